The van der Waals surface area contributed by atoms with Crippen LogP contribution in [0.2, 0.25) is 0 Å². The van der Waals surface area contributed by atoms with E-state index in [1.807, 2.05) is 60.7 Å². The van der Waals surface area contributed by atoms with E-state index in [0.717, 1.165) is 10.0 Å². The van der Waals surface area contributed by atoms with Crippen LogP contribution in [0.25, 0.3) is 0 Å². The molecule has 0 saturated heterocycles. The van der Waals surface area contributed by atoms with E-state index < -0.39 is 13.9 Å². The van der Waals surface area contributed by atoms with Gasteiger partial charge in [-0.25, -0.2) is 0 Å². The van der Waals surface area contributed by atoms with Crippen LogP contribution in [-0.4, -0.2) is 22.7 Å². The van der Waals surface area contributed by atoms with Crippen LogP contribution in [0.15, 0.2) is 89.4 Å². The number of rotatable bonds is 8. The lowest BCUT2D eigenvalue weighted by Crippen LogP contribution is -2.21. The smallest absolute Gasteiger partial charge is 0.319 e. The summed E-state index contributed by atoms with van der Waals surface area (Å²) >= 11 is 3.38. The van der Waals surface area contributed by atoms with Crippen molar-refractivity contribution in [2.75, 3.05) is 6.16 Å². The number of halogens is 1. The summed E-state index contributed by atoms with van der Waals surface area (Å²) in [6.45, 7) is 0.200. The molecule has 5 heteroatoms. The molecule has 0 amide bonds. The van der Waals surface area contributed by atoms with E-state index in [-0.39, 0.29) is 18.8 Å². The van der Waals surface area contributed by atoms with Gasteiger partial charge in [0.15, 0.2) is 6.42 Å². The van der Waals surface area contributed by atoms with Crippen molar-refractivity contribution in [2.24, 2.45) is 0 Å². The van der Waals surface area contributed by atoms with Gasteiger partial charge in [0.25, 0.3) is 0 Å². The predicted molar refractivity (Wildman–Crippen MR) is 119 cm³/mol. The van der Waals surface area contributed by atoms with Crippen LogP contribution in [0.3, 0.4) is 0 Å². The molecule has 0 aromatic heterocycles. The van der Waals surface area contributed by atoms with Crippen LogP contribution >= 0.6 is 23.9 Å². The number of hydrogen-bond donors (Lipinski definition) is 0. The highest BCUT2D eigenvalue weighted by Crippen LogP contribution is 2.33. The molecule has 0 atom stereocenters. The number of carbonyl (C=O) groups is 1. The Morgan fingerprint density at radius 3 is 1.93 bits per heavy atom. The Balaban J connectivity index is 1.60. The zero-order chi connectivity index (χ0) is 19.8. The average molecular weight is 456 g/mol. The van der Waals surface area contributed by atoms with E-state index in [1.165, 1.54) is 10.6 Å². The van der Waals surface area contributed by atoms with Gasteiger partial charge < -0.3 is 4.74 Å². The molecule has 0 aliphatic carbocycles. The van der Waals surface area contributed by atoms with Crippen molar-refractivity contribution in [1.29, 1.82) is 0 Å². The fourth-order valence-corrected chi connectivity index (χ4v) is 5.22. The van der Waals surface area contributed by atoms with Gasteiger partial charge in [0.05, 0.1) is 6.16 Å². The first kappa shape index (κ1) is 20.4. The van der Waals surface area contributed by atoms with E-state index in [9.17, 15) is 9.59 Å². The number of carbonyl (C=O) groups excluding carboxylic acids is 2. The SMILES string of the molecule is O=C(CC(=[OH+])CP(c1ccccc1)c1ccccc1)OCc1ccc(Br)cc1. The van der Waals surface area contributed by atoms with Gasteiger partial charge in [0.2, 0.25) is 0 Å². The highest BCUT2D eigenvalue weighted by atomic mass is 79.9. The summed E-state index contributed by atoms with van der Waals surface area (Å²) in [5.74, 6) is -0.267. The van der Waals surface area contributed by atoms with Crippen LogP contribution in [0, 0.1) is 0 Å². The molecule has 3 nitrogen and oxygen atoms in total. The van der Waals surface area contributed by atoms with Gasteiger partial charge in [-0.3, -0.25) is 9.59 Å². The third-order valence-electron chi connectivity index (χ3n) is 4.14. The van der Waals surface area contributed by atoms with Gasteiger partial charge in [-0.1, -0.05) is 88.7 Å². The van der Waals surface area contributed by atoms with Crippen LogP contribution in [0.4, 0.5) is 0 Å². The topological polar surface area (TPSA) is 47.7 Å². The molecule has 1 N–H and O–H groups in total. The van der Waals surface area contributed by atoms with Gasteiger partial charge in [-0.2, -0.15) is 0 Å². The normalized spacial score (nSPS) is 10.6. The number of hydrogen-bond acceptors (Lipinski definition) is 2. The minimum Gasteiger partial charge on any atom is -0.460 e. The minimum absolute atomic E-state index is 0.0883. The minimum atomic E-state index is -0.778. The second kappa shape index (κ2) is 10.3. The number of benzene rings is 3. The predicted octanol–water partition coefficient (Wildman–Crippen LogP) is 4.56. The fourth-order valence-electron chi connectivity index (χ4n) is 2.75. The second-order valence-corrected chi connectivity index (χ2v) is 9.41. The first-order chi connectivity index (χ1) is 13.6. The summed E-state index contributed by atoms with van der Waals surface area (Å²) in [5.41, 5.74) is 0.909. The molecule has 0 saturated carbocycles. The molecule has 0 aliphatic rings. The molecular weight excluding hydrogens is 435 g/mol. The Labute approximate surface area is 174 Å². The highest BCUT2D eigenvalue weighted by Gasteiger charge is 2.24. The van der Waals surface area contributed by atoms with E-state index in [4.69, 9.17) is 4.74 Å². The molecule has 0 spiro atoms. The zero-order valence-electron chi connectivity index (χ0n) is 15.3. The molecule has 28 heavy (non-hydrogen) atoms. The molecule has 142 valence electrons. The molecule has 3 aromatic rings. The summed E-state index contributed by atoms with van der Waals surface area (Å²) in [6.07, 6.45) is 0.353. The van der Waals surface area contributed by atoms with E-state index in [1.54, 1.807) is 0 Å². The Kier molecular flexibility index (Phi) is 7.53. The Hall–Kier alpha value is -2.29. The lowest BCUT2D eigenvalue weighted by molar-refractivity contribution is -0.143. The van der Waals surface area contributed by atoms with Gasteiger partial charge in [-0.15, -0.1) is 0 Å². The average Bonchev–Trinajstić information content (AvgIpc) is 2.73. The summed E-state index contributed by atoms with van der Waals surface area (Å²) < 4.78 is 6.28. The Bertz CT molecular complexity index is 872. The van der Waals surface area contributed by atoms with E-state index in [0.29, 0.717) is 6.16 Å². The van der Waals surface area contributed by atoms with Gasteiger partial charge in [-0.05, 0) is 36.2 Å². The van der Waals surface area contributed by atoms with E-state index in [2.05, 4.69) is 40.2 Å². The molecule has 3 rings (SSSR count). The van der Waals surface area contributed by atoms with Gasteiger partial charge in [0, 0.05) is 4.47 Å². The maximum Gasteiger partial charge on any atom is 0.319 e. The van der Waals surface area contributed by atoms with Crippen molar-refractivity contribution in [3.63, 3.8) is 0 Å². The summed E-state index contributed by atoms with van der Waals surface area (Å²) in [7, 11) is -0.778. The van der Waals surface area contributed by atoms with Crippen LogP contribution in [0.5, 0.6) is 0 Å². The van der Waals surface area contributed by atoms with Crippen molar-refractivity contribution in [1.82, 2.24) is 0 Å². The molecule has 0 fully saturated rings. The molecule has 0 unspecified atom stereocenters. The number of esters is 1. The van der Waals surface area contributed by atoms with Gasteiger partial charge in [0.1, 0.15) is 6.61 Å². The maximum absolute atomic E-state index is 12.1. The van der Waals surface area contributed by atoms with Crippen molar-refractivity contribution in [3.8, 4) is 0 Å². The molecule has 0 radical (unpaired) electrons. The highest BCUT2D eigenvalue weighted by molar-refractivity contribution is 9.10. The first-order valence-corrected chi connectivity index (χ1v) is 11.2. The lowest BCUT2D eigenvalue weighted by atomic mass is 10.2. The van der Waals surface area contributed by atoms with Gasteiger partial charge >= 0.3 is 11.8 Å². The first-order valence-electron chi connectivity index (χ1n) is 8.93. The fraction of sp³-hybridized carbons (Fsp3) is 0.130. The number of ether oxygens (including phenoxy) is 1. The third-order valence-corrected chi connectivity index (χ3v) is 7.19. The Morgan fingerprint density at radius 1 is 0.857 bits per heavy atom. The second-order valence-electron chi connectivity index (χ2n) is 6.29. The summed E-state index contributed by atoms with van der Waals surface area (Å²) in [5, 5.41) is 2.33. The largest absolute Gasteiger partial charge is 0.460 e. The zero-order valence-corrected chi connectivity index (χ0v) is 17.8. The summed E-state index contributed by atoms with van der Waals surface area (Å²) in [4.78, 5) is 22.6. The van der Waals surface area contributed by atoms with Crippen molar-refractivity contribution < 1.29 is 14.3 Å². The lowest BCUT2D eigenvalue weighted by Gasteiger charge is -2.16. The molecular formula is C23H21BrO3P+. The monoisotopic (exact) mass is 455 g/mol. The van der Waals surface area contributed by atoms with Crippen molar-refractivity contribution in [2.45, 2.75) is 13.0 Å². The standard InChI is InChI=1S/C23H20BrO3P/c24-19-13-11-18(12-14-19)16-27-23(26)15-20(25)17-28(21-7-3-1-4-8-21)22-9-5-2-6-10-22/h1-14H,15-17H2/p+1. The quantitative estimate of drug-likeness (QED) is 0.216. The summed E-state index contributed by atoms with van der Waals surface area (Å²) in [6, 6.07) is 27.8. The molecule has 0 heterocycles. The van der Waals surface area contributed by atoms with Crippen LogP contribution in [-0.2, 0) is 16.1 Å². The van der Waals surface area contributed by atoms with Crippen LogP contribution in [0.1, 0.15) is 12.0 Å². The maximum atomic E-state index is 12.1. The third kappa shape index (κ3) is 6.12. The number of ketones is 1. The van der Waals surface area contributed by atoms with Crippen molar-refractivity contribution >= 4 is 46.2 Å². The van der Waals surface area contributed by atoms with E-state index >= 15 is 0 Å². The molecule has 0 aliphatic heterocycles. The Morgan fingerprint density at radius 2 is 1.39 bits per heavy atom. The van der Waals surface area contributed by atoms with Crippen LogP contribution < -0.4 is 10.6 Å². The molecule has 0 bridgehead atoms. The van der Waals surface area contributed by atoms with Crippen molar-refractivity contribution in [3.05, 3.63) is 95.0 Å². The molecule has 3 aromatic carbocycles.